The number of hydrogen-bond acceptors (Lipinski definition) is 4. The molecule has 1 saturated heterocycles. The fourth-order valence-electron chi connectivity index (χ4n) is 3.56. The van der Waals surface area contributed by atoms with Crippen LogP contribution in [0, 0.1) is 11.3 Å². The van der Waals surface area contributed by atoms with Gasteiger partial charge in [0.1, 0.15) is 0 Å². The molecule has 1 aromatic carbocycles. The Morgan fingerprint density at radius 2 is 2.05 bits per heavy atom. The quantitative estimate of drug-likeness (QED) is 0.792. The summed E-state index contributed by atoms with van der Waals surface area (Å²) in [6, 6.07) is 9.69. The van der Waals surface area contributed by atoms with Crippen LogP contribution < -0.4 is 0 Å². The summed E-state index contributed by atoms with van der Waals surface area (Å²) in [5, 5.41) is 0. The second-order valence-corrected chi connectivity index (χ2v) is 7.73. The van der Waals surface area contributed by atoms with Crippen molar-refractivity contribution in [1.82, 2.24) is 4.90 Å². The molecular weight excluding hydrogens is 290 g/mol. The largest absolute Gasteiger partial charge is 0.335 e. The van der Waals surface area contributed by atoms with Crippen molar-refractivity contribution >= 4 is 16.0 Å². The number of nitrogens with zero attached hydrogens (tertiary/aromatic N) is 1. The summed E-state index contributed by atoms with van der Waals surface area (Å²) in [5.74, 6) is 0.350. The Morgan fingerprint density at radius 3 is 2.62 bits per heavy atom. The molecule has 1 saturated carbocycles. The molecule has 0 radical (unpaired) electrons. The second kappa shape index (κ2) is 4.81. The number of likely N-dealkylation sites (tertiary alicyclic amines) is 1. The number of piperidine rings is 1. The van der Waals surface area contributed by atoms with Gasteiger partial charge < -0.3 is 4.90 Å². The standard InChI is InChI=1S/C15H19NO4S/c1-11(17)16-9-13-8-15(13,10-20-21(2,18)19)14(16)12-6-4-3-5-7-12/h3-7,13-14H,8-10H2,1-2H3. The van der Waals surface area contributed by atoms with Crippen LogP contribution >= 0.6 is 0 Å². The summed E-state index contributed by atoms with van der Waals surface area (Å²) >= 11 is 0. The van der Waals surface area contributed by atoms with E-state index in [1.165, 1.54) is 0 Å². The third kappa shape index (κ3) is 2.58. The van der Waals surface area contributed by atoms with E-state index in [0.29, 0.717) is 12.5 Å². The van der Waals surface area contributed by atoms with Crippen molar-refractivity contribution in [3.05, 3.63) is 35.9 Å². The highest BCUT2D eigenvalue weighted by atomic mass is 32.2. The second-order valence-electron chi connectivity index (χ2n) is 6.09. The zero-order valence-corrected chi connectivity index (χ0v) is 13.0. The molecule has 3 atom stereocenters. The Morgan fingerprint density at radius 1 is 1.38 bits per heavy atom. The summed E-state index contributed by atoms with van der Waals surface area (Å²) in [4.78, 5) is 13.7. The van der Waals surface area contributed by atoms with Crippen LogP contribution in [-0.2, 0) is 19.1 Å². The average Bonchev–Trinajstić information content (AvgIpc) is 3.02. The number of hydrogen-bond donors (Lipinski definition) is 0. The predicted octanol–water partition coefficient (Wildman–Crippen LogP) is 1.57. The number of carbonyl (C=O) groups is 1. The van der Waals surface area contributed by atoms with E-state index >= 15 is 0 Å². The molecule has 2 aliphatic rings. The van der Waals surface area contributed by atoms with Crippen molar-refractivity contribution in [2.24, 2.45) is 11.3 Å². The van der Waals surface area contributed by atoms with E-state index in [4.69, 9.17) is 4.18 Å². The van der Waals surface area contributed by atoms with Crippen molar-refractivity contribution in [3.63, 3.8) is 0 Å². The molecule has 1 aromatic rings. The lowest BCUT2D eigenvalue weighted by atomic mass is 9.90. The van der Waals surface area contributed by atoms with Crippen LogP contribution in [0.3, 0.4) is 0 Å². The van der Waals surface area contributed by atoms with Gasteiger partial charge in [-0.1, -0.05) is 30.3 Å². The zero-order valence-electron chi connectivity index (χ0n) is 12.2. The van der Waals surface area contributed by atoms with E-state index in [9.17, 15) is 13.2 Å². The Kier molecular flexibility index (Phi) is 3.33. The molecule has 3 unspecified atom stereocenters. The van der Waals surface area contributed by atoms with Gasteiger partial charge in [-0.25, -0.2) is 0 Å². The maximum atomic E-state index is 11.9. The normalized spacial score (nSPS) is 31.0. The minimum atomic E-state index is -3.47. The van der Waals surface area contributed by atoms with E-state index in [1.54, 1.807) is 6.92 Å². The van der Waals surface area contributed by atoms with Crippen molar-refractivity contribution in [2.45, 2.75) is 19.4 Å². The third-order valence-electron chi connectivity index (χ3n) is 4.61. The summed E-state index contributed by atoms with van der Waals surface area (Å²) in [6.45, 7) is 2.40. The summed E-state index contributed by atoms with van der Waals surface area (Å²) in [6.07, 6.45) is 1.97. The fraction of sp³-hybridized carbons (Fsp3) is 0.533. The Bertz CT molecular complexity index is 658. The fourth-order valence-corrected chi connectivity index (χ4v) is 4.00. The van der Waals surface area contributed by atoms with E-state index in [0.717, 1.165) is 18.2 Å². The zero-order chi connectivity index (χ0) is 15.3. The van der Waals surface area contributed by atoms with Gasteiger partial charge in [-0.3, -0.25) is 8.98 Å². The minimum absolute atomic E-state index is 0.0229. The molecule has 0 spiro atoms. The highest BCUT2D eigenvalue weighted by Gasteiger charge is 2.67. The molecule has 21 heavy (non-hydrogen) atoms. The highest BCUT2D eigenvalue weighted by Crippen LogP contribution is 2.67. The molecule has 1 aliphatic heterocycles. The van der Waals surface area contributed by atoms with E-state index < -0.39 is 10.1 Å². The van der Waals surface area contributed by atoms with Crippen molar-refractivity contribution in [3.8, 4) is 0 Å². The summed E-state index contributed by atoms with van der Waals surface area (Å²) in [5.41, 5.74) is 0.792. The van der Waals surface area contributed by atoms with Gasteiger partial charge in [-0.2, -0.15) is 8.42 Å². The number of amides is 1. The molecule has 1 amide bonds. The number of benzene rings is 1. The van der Waals surface area contributed by atoms with Crippen molar-refractivity contribution in [2.75, 3.05) is 19.4 Å². The SMILES string of the molecule is CC(=O)N1CC2CC2(COS(C)(=O)=O)C1c1ccccc1. The van der Waals surface area contributed by atoms with Gasteiger partial charge in [0.05, 0.1) is 18.9 Å². The summed E-state index contributed by atoms with van der Waals surface area (Å²) in [7, 11) is -3.47. The first-order valence-corrected chi connectivity index (χ1v) is 8.82. The van der Waals surface area contributed by atoms with Crippen LogP contribution in [0.15, 0.2) is 30.3 Å². The molecule has 0 N–H and O–H groups in total. The molecule has 2 fully saturated rings. The Labute approximate surface area is 125 Å². The number of rotatable bonds is 4. The van der Waals surface area contributed by atoms with Crippen molar-refractivity contribution in [1.29, 1.82) is 0 Å². The van der Waals surface area contributed by atoms with Crippen molar-refractivity contribution < 1.29 is 17.4 Å². The number of carbonyl (C=O) groups excluding carboxylic acids is 1. The lowest BCUT2D eigenvalue weighted by Crippen LogP contribution is -2.35. The van der Waals surface area contributed by atoms with Crippen LogP contribution in [0.25, 0.3) is 0 Å². The first-order chi connectivity index (χ1) is 9.83. The lowest BCUT2D eigenvalue weighted by Gasteiger charge is -2.31. The first kappa shape index (κ1) is 14.5. The molecule has 0 bridgehead atoms. The molecule has 6 heteroatoms. The van der Waals surface area contributed by atoms with Crippen LogP contribution in [0.1, 0.15) is 24.9 Å². The maximum absolute atomic E-state index is 11.9. The minimum Gasteiger partial charge on any atom is -0.335 e. The molecule has 114 valence electrons. The molecule has 1 aliphatic carbocycles. The average molecular weight is 309 g/mol. The lowest BCUT2D eigenvalue weighted by molar-refractivity contribution is -0.131. The molecular formula is C15H19NO4S. The van der Waals surface area contributed by atoms with Gasteiger partial charge in [0.2, 0.25) is 5.91 Å². The van der Waals surface area contributed by atoms with Gasteiger partial charge in [-0.05, 0) is 17.9 Å². The van der Waals surface area contributed by atoms with Crippen LogP contribution in [0.2, 0.25) is 0 Å². The monoisotopic (exact) mass is 309 g/mol. The van der Waals surface area contributed by atoms with Gasteiger partial charge in [0.15, 0.2) is 0 Å². The number of fused-ring (bicyclic) bond motifs is 1. The van der Waals surface area contributed by atoms with Crippen LogP contribution in [-0.4, -0.2) is 38.6 Å². The summed E-state index contributed by atoms with van der Waals surface area (Å²) < 4.78 is 27.7. The van der Waals surface area contributed by atoms with Gasteiger partial charge >= 0.3 is 0 Å². The van der Waals surface area contributed by atoms with Crippen LogP contribution in [0.4, 0.5) is 0 Å². The molecule has 1 heterocycles. The molecule has 0 aromatic heterocycles. The predicted molar refractivity (Wildman–Crippen MR) is 77.9 cm³/mol. The Hall–Kier alpha value is -1.40. The molecule has 5 nitrogen and oxygen atoms in total. The van der Waals surface area contributed by atoms with Gasteiger partial charge in [-0.15, -0.1) is 0 Å². The van der Waals surface area contributed by atoms with Gasteiger partial charge in [0.25, 0.3) is 10.1 Å². The smallest absolute Gasteiger partial charge is 0.264 e. The van der Waals surface area contributed by atoms with Crippen LogP contribution in [0.5, 0.6) is 0 Å². The maximum Gasteiger partial charge on any atom is 0.264 e. The third-order valence-corrected chi connectivity index (χ3v) is 5.16. The molecule has 3 rings (SSSR count). The van der Waals surface area contributed by atoms with E-state index in [2.05, 4.69) is 0 Å². The Balaban J connectivity index is 1.92. The first-order valence-electron chi connectivity index (χ1n) is 7.00. The van der Waals surface area contributed by atoms with E-state index in [1.807, 2.05) is 35.2 Å². The highest BCUT2D eigenvalue weighted by molar-refractivity contribution is 7.85. The van der Waals surface area contributed by atoms with E-state index in [-0.39, 0.29) is 24.0 Å². The van der Waals surface area contributed by atoms with Gasteiger partial charge in [0, 0.05) is 18.9 Å². The topological polar surface area (TPSA) is 63.7 Å².